The first-order valence-corrected chi connectivity index (χ1v) is 14.0. The topological polar surface area (TPSA) is 128 Å². The Bertz CT molecular complexity index is 487. The highest BCUT2D eigenvalue weighted by Gasteiger charge is 2.21. The van der Waals surface area contributed by atoms with E-state index in [2.05, 4.69) is 11.4 Å². The fourth-order valence-corrected chi connectivity index (χ4v) is 3.98. The summed E-state index contributed by atoms with van der Waals surface area (Å²) in [6, 6.07) is -0.670. The number of nitrogens with two attached hydrogens (primary N) is 1. The van der Waals surface area contributed by atoms with Crippen molar-refractivity contribution in [2.45, 2.75) is 122 Å². The fraction of sp³-hybridized carbons (Fsp3) is 0.957. The Morgan fingerprint density at radius 2 is 1.31 bits per heavy atom. The molecule has 0 aliphatic rings. The summed E-state index contributed by atoms with van der Waals surface area (Å²) in [5.74, 6) is -0.446. The number of carbonyl (C=O) groups excluding carboxylic acids is 1. The van der Waals surface area contributed by atoms with Crippen LogP contribution in [0.1, 0.15) is 110 Å². The minimum Gasteiger partial charge on any atom is -0.460 e. The molecule has 9 heteroatoms. The van der Waals surface area contributed by atoms with Crippen LogP contribution in [0.25, 0.3) is 0 Å². The Morgan fingerprint density at radius 3 is 1.75 bits per heavy atom. The van der Waals surface area contributed by atoms with Gasteiger partial charge >= 0.3 is 13.8 Å². The summed E-state index contributed by atoms with van der Waals surface area (Å²) in [5.41, 5.74) is 5.80. The van der Waals surface area contributed by atoms with Gasteiger partial charge in [0.25, 0.3) is 0 Å². The number of hydrogen-bond acceptors (Lipinski definition) is 6. The van der Waals surface area contributed by atoms with Gasteiger partial charge in [0.2, 0.25) is 0 Å². The Morgan fingerprint density at radius 1 is 0.844 bits per heavy atom. The molecule has 32 heavy (non-hydrogen) atoms. The van der Waals surface area contributed by atoms with E-state index in [-0.39, 0.29) is 19.6 Å². The molecule has 2 atom stereocenters. The summed E-state index contributed by atoms with van der Waals surface area (Å²) in [6.07, 6.45) is 17.8. The van der Waals surface area contributed by atoms with Crippen LogP contribution in [-0.4, -0.2) is 47.7 Å². The lowest BCUT2D eigenvalue weighted by atomic mass is 10.0. The van der Waals surface area contributed by atoms with Crippen molar-refractivity contribution >= 4 is 13.8 Å². The molecule has 0 saturated heterocycles. The van der Waals surface area contributed by atoms with Gasteiger partial charge < -0.3 is 25.0 Å². The number of phosphoric acid groups is 1. The third-order valence-electron chi connectivity index (χ3n) is 5.30. The lowest BCUT2D eigenvalue weighted by molar-refractivity contribution is -0.150. The number of hydrogen-bond donors (Lipinski definition) is 3. The summed E-state index contributed by atoms with van der Waals surface area (Å²) in [6.45, 7) is 4.04. The van der Waals surface area contributed by atoms with Crippen molar-refractivity contribution in [3.63, 3.8) is 0 Å². The zero-order valence-corrected chi connectivity index (χ0v) is 21.2. The van der Waals surface area contributed by atoms with Gasteiger partial charge in [-0.1, -0.05) is 90.4 Å². The molecule has 0 rings (SSSR count). The third kappa shape index (κ3) is 24.1. The molecular weight excluding hydrogens is 433 g/mol. The van der Waals surface area contributed by atoms with E-state index in [0.29, 0.717) is 6.61 Å². The van der Waals surface area contributed by atoms with E-state index in [9.17, 15) is 9.36 Å². The molecule has 0 saturated carbocycles. The second-order valence-corrected chi connectivity index (χ2v) is 9.92. The molecule has 4 N–H and O–H groups in total. The highest BCUT2D eigenvalue weighted by Crippen LogP contribution is 2.35. The molecule has 0 radical (unpaired) electrons. The first kappa shape index (κ1) is 31.5. The Hall–Kier alpha value is -0.500. The summed E-state index contributed by atoms with van der Waals surface area (Å²) >= 11 is 0. The van der Waals surface area contributed by atoms with E-state index in [1.165, 1.54) is 84.0 Å². The molecule has 0 aromatic carbocycles. The summed E-state index contributed by atoms with van der Waals surface area (Å²) < 4.78 is 25.9. The quantitative estimate of drug-likeness (QED) is 0.103. The smallest absolute Gasteiger partial charge is 0.460 e. The number of phosphoric ester groups is 1. The molecule has 0 amide bonds. The van der Waals surface area contributed by atoms with Crippen LogP contribution in [0.15, 0.2) is 0 Å². The molecule has 8 nitrogen and oxygen atoms in total. The van der Waals surface area contributed by atoms with Gasteiger partial charge in [-0.25, -0.2) is 4.57 Å². The molecule has 0 spiro atoms. The zero-order chi connectivity index (χ0) is 24.1. The Labute approximate surface area is 195 Å². The third-order valence-corrected chi connectivity index (χ3v) is 5.79. The van der Waals surface area contributed by atoms with Gasteiger partial charge in [0.1, 0.15) is 6.10 Å². The van der Waals surface area contributed by atoms with Crippen molar-refractivity contribution < 1.29 is 33.1 Å². The van der Waals surface area contributed by atoms with Gasteiger partial charge in [-0.15, -0.1) is 0 Å². The van der Waals surface area contributed by atoms with E-state index in [0.717, 1.165) is 12.8 Å². The first-order valence-electron chi connectivity index (χ1n) is 12.4. The summed E-state index contributed by atoms with van der Waals surface area (Å²) in [4.78, 5) is 28.7. The monoisotopic (exact) mass is 481 g/mol. The van der Waals surface area contributed by atoms with Crippen LogP contribution in [0.5, 0.6) is 0 Å². The van der Waals surface area contributed by atoms with Crippen molar-refractivity contribution in [2.75, 3.05) is 19.8 Å². The average molecular weight is 482 g/mol. The predicted molar refractivity (Wildman–Crippen MR) is 127 cm³/mol. The number of unbranched alkanes of at least 4 members (excludes halogenated alkanes) is 13. The highest BCUT2D eigenvalue weighted by molar-refractivity contribution is 7.46. The van der Waals surface area contributed by atoms with Crippen LogP contribution in [0.4, 0.5) is 0 Å². The average Bonchev–Trinajstić information content (AvgIpc) is 2.71. The van der Waals surface area contributed by atoms with Crippen LogP contribution in [-0.2, 0) is 23.4 Å². The second kappa shape index (κ2) is 21.1. The second-order valence-electron chi connectivity index (χ2n) is 8.68. The summed E-state index contributed by atoms with van der Waals surface area (Å²) in [7, 11) is -4.56. The molecule has 0 heterocycles. The van der Waals surface area contributed by atoms with Crippen molar-refractivity contribution in [2.24, 2.45) is 5.73 Å². The van der Waals surface area contributed by atoms with Crippen molar-refractivity contribution in [1.82, 2.24) is 0 Å². The number of carbonyl (C=O) groups is 1. The summed E-state index contributed by atoms with van der Waals surface area (Å²) in [5, 5.41) is 0. The normalized spacial score (nSPS) is 13.8. The molecule has 0 aromatic rings. The lowest BCUT2D eigenvalue weighted by Crippen LogP contribution is -2.34. The van der Waals surface area contributed by atoms with Gasteiger partial charge in [-0.05, 0) is 6.42 Å². The number of ether oxygens (including phenoxy) is 2. The largest absolute Gasteiger partial charge is 0.469 e. The molecule has 0 aromatic heterocycles. The van der Waals surface area contributed by atoms with Crippen LogP contribution in [0.2, 0.25) is 0 Å². The van der Waals surface area contributed by atoms with Crippen LogP contribution in [0, 0.1) is 0 Å². The number of esters is 1. The first-order chi connectivity index (χ1) is 15.2. The van der Waals surface area contributed by atoms with Gasteiger partial charge in [0, 0.05) is 26.0 Å². The Kier molecular flexibility index (Phi) is 20.7. The molecule has 0 bridgehead atoms. The highest BCUT2D eigenvalue weighted by atomic mass is 31.2. The maximum absolute atomic E-state index is 11.3. The van der Waals surface area contributed by atoms with E-state index < -0.39 is 25.9 Å². The van der Waals surface area contributed by atoms with Crippen LogP contribution < -0.4 is 5.73 Å². The minimum atomic E-state index is -4.56. The molecule has 0 fully saturated rings. The maximum atomic E-state index is 11.3. The van der Waals surface area contributed by atoms with Crippen molar-refractivity contribution in [1.29, 1.82) is 0 Å². The van der Waals surface area contributed by atoms with Gasteiger partial charge in [0.15, 0.2) is 0 Å². The Balaban J connectivity index is 3.63. The zero-order valence-electron chi connectivity index (χ0n) is 20.3. The molecule has 0 aliphatic heterocycles. The molecule has 192 valence electrons. The van der Waals surface area contributed by atoms with Gasteiger partial charge in [0.05, 0.1) is 13.2 Å². The van der Waals surface area contributed by atoms with Crippen LogP contribution >= 0.6 is 7.82 Å². The lowest BCUT2D eigenvalue weighted by Gasteiger charge is -2.21. The van der Waals surface area contributed by atoms with Gasteiger partial charge in [-0.3, -0.25) is 9.32 Å². The van der Waals surface area contributed by atoms with Gasteiger partial charge in [-0.2, -0.15) is 0 Å². The fourth-order valence-electron chi connectivity index (χ4n) is 3.60. The van der Waals surface area contributed by atoms with Crippen molar-refractivity contribution in [3.05, 3.63) is 0 Å². The van der Waals surface area contributed by atoms with E-state index in [1.54, 1.807) is 0 Å². The van der Waals surface area contributed by atoms with E-state index in [1.807, 2.05) is 0 Å². The van der Waals surface area contributed by atoms with E-state index >= 15 is 0 Å². The predicted octanol–water partition coefficient (Wildman–Crippen LogP) is 5.24. The molecular formula is C23H48NO7P. The van der Waals surface area contributed by atoms with E-state index in [4.69, 9.17) is 25.0 Å². The maximum Gasteiger partial charge on any atom is 0.469 e. The number of rotatable bonds is 23. The standard InChI is InChI=1S/C23H48NO7P/c1-3-4-5-6-7-8-9-10-11-12-13-14-15-16-17-29-20-23(31-21(2)25)18-22(24)19-30-32(26,27)28/h22-23H,3-20,24H2,1-2H3,(H2,26,27,28). The molecule has 2 unspecified atom stereocenters. The molecule has 0 aliphatic carbocycles. The minimum absolute atomic E-state index is 0.207. The SMILES string of the molecule is CCCCCCCCCCCCCCCCOCC(CC(N)COP(=O)(O)O)OC(C)=O. The van der Waals surface area contributed by atoms with Crippen LogP contribution in [0.3, 0.4) is 0 Å². The van der Waals surface area contributed by atoms with Crippen molar-refractivity contribution in [3.8, 4) is 0 Å².